The average Bonchev–Trinajstić information content (AvgIpc) is 3.02. The number of methoxy groups -OCH3 is 2. The highest BCUT2D eigenvalue weighted by molar-refractivity contribution is 9.09. The lowest BCUT2D eigenvalue weighted by Crippen LogP contribution is -1.96. The van der Waals surface area contributed by atoms with Crippen LogP contribution in [-0.2, 0) is 6.42 Å². The second-order valence-electron chi connectivity index (χ2n) is 9.38. The van der Waals surface area contributed by atoms with Crippen molar-refractivity contribution in [3.05, 3.63) is 109 Å². The van der Waals surface area contributed by atoms with Crippen molar-refractivity contribution in [1.29, 1.82) is 10.5 Å². The van der Waals surface area contributed by atoms with Gasteiger partial charge in [0.25, 0.3) is 0 Å². The van der Waals surface area contributed by atoms with E-state index in [1.807, 2.05) is 72.8 Å². The average molecular weight is 628 g/mol. The number of halogens is 1. The number of alkyl halides is 1. The molecule has 42 heavy (non-hydrogen) atoms. The minimum atomic E-state index is -0.0403. The van der Waals surface area contributed by atoms with E-state index >= 15 is 0 Å². The van der Waals surface area contributed by atoms with Crippen LogP contribution in [0.2, 0.25) is 0 Å². The number of hydrogen-bond donors (Lipinski definition) is 0. The van der Waals surface area contributed by atoms with Gasteiger partial charge in [0.15, 0.2) is 0 Å². The van der Waals surface area contributed by atoms with Gasteiger partial charge in [-0.05, 0) is 95.1 Å². The minimum absolute atomic E-state index is 0. The number of fused-ring (bicyclic) bond motifs is 2. The second kappa shape index (κ2) is 20.8. The second-order valence-corrected chi connectivity index (χ2v) is 10.2. The molecule has 0 heterocycles. The van der Waals surface area contributed by atoms with Crippen LogP contribution in [0.1, 0.15) is 56.6 Å². The first-order chi connectivity index (χ1) is 20.0. The molecule has 0 fully saturated rings. The fourth-order valence-corrected chi connectivity index (χ4v) is 4.50. The molecule has 0 saturated heterocycles. The molecule has 0 radical (unpaired) electrons. The van der Waals surface area contributed by atoms with Gasteiger partial charge in [0.05, 0.1) is 38.7 Å². The Hall–Kier alpha value is -4.06. The molecule has 4 aromatic rings. The summed E-state index contributed by atoms with van der Waals surface area (Å²) in [6, 6.07) is 28.7. The van der Waals surface area contributed by atoms with Gasteiger partial charge in [0.1, 0.15) is 11.5 Å². The molecule has 5 heteroatoms. The van der Waals surface area contributed by atoms with E-state index in [0.29, 0.717) is 6.42 Å². The topological polar surface area (TPSA) is 66.0 Å². The smallest absolute Gasteiger partial charge is 0.119 e. The van der Waals surface area contributed by atoms with E-state index in [9.17, 15) is 5.26 Å². The van der Waals surface area contributed by atoms with Gasteiger partial charge in [-0.2, -0.15) is 10.5 Å². The number of nitriles is 2. The van der Waals surface area contributed by atoms with Crippen molar-refractivity contribution in [3.8, 4) is 23.6 Å². The maximum absolute atomic E-state index is 9.34. The fraction of sp³-hybridized carbons (Fsp3) is 0.297. The number of nitrogens with zero attached hydrogens (tertiary/aromatic N) is 2. The van der Waals surface area contributed by atoms with E-state index in [1.54, 1.807) is 14.2 Å². The third kappa shape index (κ3) is 11.8. The van der Waals surface area contributed by atoms with Crippen molar-refractivity contribution >= 4 is 37.5 Å². The lowest BCUT2D eigenvalue weighted by molar-refractivity contribution is 0.415. The van der Waals surface area contributed by atoms with E-state index < -0.39 is 0 Å². The van der Waals surface area contributed by atoms with Crippen LogP contribution in [0.3, 0.4) is 0 Å². The third-order valence-electron chi connectivity index (χ3n) is 6.47. The van der Waals surface area contributed by atoms with Gasteiger partial charge in [-0.15, -0.1) is 13.2 Å². The van der Waals surface area contributed by atoms with Gasteiger partial charge < -0.3 is 9.47 Å². The molecule has 0 aliphatic heterocycles. The zero-order valence-electron chi connectivity index (χ0n) is 24.1. The fourth-order valence-electron chi connectivity index (χ4n) is 4.18. The number of benzene rings is 4. The summed E-state index contributed by atoms with van der Waals surface area (Å²) in [6.45, 7) is 7.30. The summed E-state index contributed by atoms with van der Waals surface area (Å²) in [7, 11) is 3.33. The highest BCUT2D eigenvalue weighted by Crippen LogP contribution is 2.27. The highest BCUT2D eigenvalue weighted by Gasteiger charge is 2.10. The first kappa shape index (κ1) is 36.0. The van der Waals surface area contributed by atoms with Crippen molar-refractivity contribution in [3.63, 3.8) is 0 Å². The SMILES string of the molecule is C.C=CCCCBr.C=CCCCC(C#N)c1ccc2cc(OC)ccc2c1.COc1ccc2cc(CC#N)ccc2c1. The van der Waals surface area contributed by atoms with Gasteiger partial charge in [-0.3, -0.25) is 0 Å². The lowest BCUT2D eigenvalue weighted by Gasteiger charge is -2.10. The number of unbranched alkanes of at least 4 members (excludes halogenated alkanes) is 2. The largest absolute Gasteiger partial charge is 0.497 e. The van der Waals surface area contributed by atoms with Crippen molar-refractivity contribution in [2.45, 2.75) is 51.9 Å². The Morgan fingerprint density at radius 1 is 0.762 bits per heavy atom. The van der Waals surface area contributed by atoms with Gasteiger partial charge in [0, 0.05) is 5.33 Å². The monoisotopic (exact) mass is 626 g/mol. The Kier molecular flexibility index (Phi) is 17.8. The van der Waals surface area contributed by atoms with Crippen LogP contribution in [0.25, 0.3) is 21.5 Å². The standard InChI is InChI=1S/C18H19NO.C13H11NO.C5H9Br.CH4/c1-3-4-5-6-17(13-19)15-7-8-16-12-18(20-2)10-9-14(16)11-15;1-15-13-5-4-11-8-10(6-7-14)2-3-12(11)9-13;1-2-3-4-5-6;/h3,7-12,17H,1,4-6H2,2H3;2-5,8-9H,6H2,1H3;2H,1,3-5H2;1H4. The summed E-state index contributed by atoms with van der Waals surface area (Å²) in [4.78, 5) is 0. The predicted octanol–water partition coefficient (Wildman–Crippen LogP) is 10.7. The van der Waals surface area contributed by atoms with Crippen molar-refractivity contribution in [2.24, 2.45) is 0 Å². The molecule has 0 bridgehead atoms. The van der Waals surface area contributed by atoms with Crippen LogP contribution in [0.5, 0.6) is 11.5 Å². The summed E-state index contributed by atoms with van der Waals surface area (Å²) < 4.78 is 10.4. The molecule has 0 aromatic heterocycles. The van der Waals surface area contributed by atoms with Crippen LogP contribution in [0.15, 0.2) is 98.1 Å². The summed E-state index contributed by atoms with van der Waals surface area (Å²) in [5.74, 6) is 1.67. The molecule has 0 amide bonds. The van der Waals surface area contributed by atoms with Crippen molar-refractivity contribution < 1.29 is 9.47 Å². The van der Waals surface area contributed by atoms with Gasteiger partial charge >= 0.3 is 0 Å². The number of allylic oxidation sites excluding steroid dienone is 2. The summed E-state index contributed by atoms with van der Waals surface area (Å²) >= 11 is 3.30. The quantitative estimate of drug-likeness (QED) is 0.0943. The number of rotatable bonds is 11. The molecule has 0 aliphatic carbocycles. The molecule has 0 saturated carbocycles. The Balaban J connectivity index is 0.000000354. The van der Waals surface area contributed by atoms with E-state index in [1.165, 1.54) is 6.42 Å². The van der Waals surface area contributed by atoms with Crippen molar-refractivity contribution in [1.82, 2.24) is 0 Å². The molecular formula is C37H43BrN2O2. The Morgan fingerprint density at radius 2 is 1.29 bits per heavy atom. The van der Waals surface area contributed by atoms with Gasteiger partial charge in [-0.25, -0.2) is 0 Å². The molecule has 0 spiro atoms. The van der Waals surface area contributed by atoms with Gasteiger partial charge in [0.2, 0.25) is 0 Å². The molecule has 220 valence electrons. The number of hydrogen-bond acceptors (Lipinski definition) is 4. The Morgan fingerprint density at radius 3 is 1.79 bits per heavy atom. The molecular weight excluding hydrogens is 584 g/mol. The first-order valence-electron chi connectivity index (χ1n) is 13.7. The molecule has 1 unspecified atom stereocenters. The van der Waals surface area contributed by atoms with E-state index in [4.69, 9.17) is 14.7 Å². The van der Waals surface area contributed by atoms with Crippen LogP contribution in [0.4, 0.5) is 0 Å². The van der Waals surface area contributed by atoms with Crippen LogP contribution < -0.4 is 9.47 Å². The van der Waals surface area contributed by atoms with Crippen LogP contribution in [0, 0.1) is 22.7 Å². The molecule has 4 rings (SSSR count). The predicted molar refractivity (Wildman–Crippen MR) is 183 cm³/mol. The van der Waals surface area contributed by atoms with E-state index in [-0.39, 0.29) is 13.3 Å². The zero-order chi connectivity index (χ0) is 29.9. The Bertz CT molecular complexity index is 1480. The maximum atomic E-state index is 9.34. The first-order valence-corrected chi connectivity index (χ1v) is 14.8. The highest BCUT2D eigenvalue weighted by atomic mass is 79.9. The zero-order valence-corrected chi connectivity index (χ0v) is 25.7. The summed E-state index contributed by atoms with van der Waals surface area (Å²) in [6.07, 6.45) is 9.48. The van der Waals surface area contributed by atoms with E-state index in [2.05, 4.69) is 53.4 Å². The molecule has 4 aromatic carbocycles. The minimum Gasteiger partial charge on any atom is -0.497 e. The summed E-state index contributed by atoms with van der Waals surface area (Å²) in [5.41, 5.74) is 2.14. The molecule has 0 aliphatic rings. The molecule has 4 nitrogen and oxygen atoms in total. The molecule has 0 N–H and O–H groups in total. The summed E-state index contributed by atoms with van der Waals surface area (Å²) in [5, 5.41) is 23.6. The van der Waals surface area contributed by atoms with Crippen LogP contribution >= 0.6 is 15.9 Å². The third-order valence-corrected chi connectivity index (χ3v) is 7.03. The number of ether oxygens (including phenoxy) is 2. The Labute approximate surface area is 261 Å². The van der Waals surface area contributed by atoms with E-state index in [0.717, 1.165) is 75.2 Å². The van der Waals surface area contributed by atoms with Crippen molar-refractivity contribution in [2.75, 3.05) is 19.5 Å². The lowest BCUT2D eigenvalue weighted by atomic mass is 9.93. The normalized spacial score (nSPS) is 10.3. The maximum Gasteiger partial charge on any atom is 0.119 e. The molecule has 1 atom stereocenters. The van der Waals surface area contributed by atoms with Crippen LogP contribution in [-0.4, -0.2) is 19.5 Å². The van der Waals surface area contributed by atoms with Gasteiger partial charge in [-0.1, -0.05) is 78.0 Å².